The minimum Gasteiger partial charge on any atom is -0.396 e. The van der Waals surface area contributed by atoms with E-state index >= 15 is 0 Å². The molecule has 2 nitrogen and oxygen atoms in total. The van der Waals surface area contributed by atoms with Crippen molar-refractivity contribution in [3.63, 3.8) is 0 Å². The Morgan fingerprint density at radius 2 is 0.769 bits per heavy atom. The zero-order chi connectivity index (χ0) is 19.3. The van der Waals surface area contributed by atoms with Gasteiger partial charge >= 0.3 is 0 Å². The van der Waals surface area contributed by atoms with Gasteiger partial charge in [0, 0.05) is 6.61 Å². The molecule has 0 rings (SSSR count). The van der Waals surface area contributed by atoms with Gasteiger partial charge in [-0.15, -0.1) is 0 Å². The molecule has 26 heavy (non-hydrogen) atoms. The molecule has 0 heterocycles. The molecule has 0 aliphatic carbocycles. The lowest BCUT2D eigenvalue weighted by Gasteiger charge is -2.30. The maximum absolute atomic E-state index is 8.77. The molecule has 0 saturated heterocycles. The highest BCUT2D eigenvalue weighted by atomic mass is 16.2. The van der Waals surface area contributed by atoms with Gasteiger partial charge < -0.3 is 9.59 Å². The van der Waals surface area contributed by atoms with Crippen LogP contribution in [0.25, 0.3) is 0 Å². The van der Waals surface area contributed by atoms with E-state index in [1.54, 1.807) is 0 Å². The number of unbranched alkanes of at least 4 members (excludes halogenated alkanes) is 16. The third-order valence-corrected chi connectivity index (χ3v) is 5.79. The van der Waals surface area contributed by atoms with Crippen LogP contribution in [0.1, 0.15) is 122 Å². The molecule has 0 aliphatic rings. The molecule has 0 fully saturated rings. The third-order valence-electron chi connectivity index (χ3n) is 5.79. The smallest absolute Gasteiger partial charge is 0.0782 e. The summed E-state index contributed by atoms with van der Waals surface area (Å²) >= 11 is 0. The Morgan fingerprint density at radius 1 is 0.462 bits per heavy atom. The zero-order valence-corrected chi connectivity index (χ0v) is 18.7. The molecule has 1 N–H and O–H groups in total. The van der Waals surface area contributed by atoms with Gasteiger partial charge in [0.25, 0.3) is 0 Å². The van der Waals surface area contributed by atoms with Crippen LogP contribution in [0.15, 0.2) is 0 Å². The second kappa shape index (κ2) is 19.7. The van der Waals surface area contributed by atoms with Crippen molar-refractivity contribution in [3.8, 4) is 0 Å². The molecule has 0 aliphatic heterocycles. The molecular formula is C24H52NO+. The van der Waals surface area contributed by atoms with Gasteiger partial charge in [-0.05, 0) is 32.1 Å². The van der Waals surface area contributed by atoms with Crippen molar-refractivity contribution in [1.29, 1.82) is 0 Å². The SMILES string of the molecule is CCCCCCCCCCCC[N+](C)(C)CCCCCCCCCCO. The van der Waals surface area contributed by atoms with Crippen molar-refractivity contribution >= 4 is 0 Å². The first-order chi connectivity index (χ1) is 12.6. The van der Waals surface area contributed by atoms with Crippen molar-refractivity contribution in [2.24, 2.45) is 0 Å². The van der Waals surface area contributed by atoms with E-state index in [-0.39, 0.29) is 0 Å². The summed E-state index contributed by atoms with van der Waals surface area (Å²) in [6.45, 7) is 5.37. The Labute approximate surface area is 166 Å². The van der Waals surface area contributed by atoms with E-state index in [9.17, 15) is 0 Å². The number of hydrogen-bond donors (Lipinski definition) is 1. The average Bonchev–Trinajstić information content (AvgIpc) is 2.62. The molecule has 0 aromatic heterocycles. The number of aliphatic hydroxyl groups is 1. The van der Waals surface area contributed by atoms with Crippen molar-refractivity contribution in [2.45, 2.75) is 122 Å². The second-order valence-electron chi connectivity index (χ2n) is 9.12. The fraction of sp³-hybridized carbons (Fsp3) is 1.00. The number of hydrogen-bond acceptors (Lipinski definition) is 1. The maximum atomic E-state index is 8.77. The van der Waals surface area contributed by atoms with Crippen LogP contribution in [0.3, 0.4) is 0 Å². The maximum Gasteiger partial charge on any atom is 0.0782 e. The first-order valence-corrected chi connectivity index (χ1v) is 12.1. The lowest BCUT2D eigenvalue weighted by molar-refractivity contribution is -0.890. The summed E-state index contributed by atoms with van der Waals surface area (Å²) < 4.78 is 1.22. The van der Waals surface area contributed by atoms with Crippen molar-refractivity contribution in [1.82, 2.24) is 0 Å². The van der Waals surface area contributed by atoms with E-state index in [1.165, 1.54) is 127 Å². The van der Waals surface area contributed by atoms with Crippen LogP contribution in [0, 0.1) is 0 Å². The number of nitrogens with zero attached hydrogens (tertiary/aromatic N) is 1. The van der Waals surface area contributed by atoms with Gasteiger partial charge in [0.05, 0.1) is 27.2 Å². The van der Waals surface area contributed by atoms with Crippen LogP contribution in [-0.4, -0.2) is 43.4 Å². The molecule has 158 valence electrons. The lowest BCUT2D eigenvalue weighted by atomic mass is 10.1. The van der Waals surface area contributed by atoms with Crippen molar-refractivity contribution < 1.29 is 9.59 Å². The standard InChI is InChI=1S/C24H52NO/c1-4-5-6-7-8-9-10-13-16-19-22-25(2,3)23-20-17-14-11-12-15-18-21-24-26/h26H,4-24H2,1-3H3/q+1. The fourth-order valence-electron chi connectivity index (χ4n) is 3.85. The molecule has 2 heteroatoms. The van der Waals surface area contributed by atoms with E-state index in [1.807, 2.05) is 0 Å². The lowest BCUT2D eigenvalue weighted by Crippen LogP contribution is -2.41. The van der Waals surface area contributed by atoms with Gasteiger partial charge in [0.1, 0.15) is 0 Å². The highest BCUT2D eigenvalue weighted by Gasteiger charge is 2.13. The van der Waals surface area contributed by atoms with E-state index in [2.05, 4.69) is 21.0 Å². The number of aliphatic hydroxyl groups excluding tert-OH is 1. The average molecular weight is 371 g/mol. The monoisotopic (exact) mass is 370 g/mol. The molecule has 0 saturated carbocycles. The fourth-order valence-corrected chi connectivity index (χ4v) is 3.85. The summed E-state index contributed by atoms with van der Waals surface area (Å²) in [4.78, 5) is 0. The van der Waals surface area contributed by atoms with E-state index < -0.39 is 0 Å². The van der Waals surface area contributed by atoms with Gasteiger partial charge in [-0.3, -0.25) is 0 Å². The highest BCUT2D eigenvalue weighted by molar-refractivity contribution is 4.49. The largest absolute Gasteiger partial charge is 0.396 e. The minimum atomic E-state index is 0.367. The zero-order valence-electron chi connectivity index (χ0n) is 18.7. The van der Waals surface area contributed by atoms with Gasteiger partial charge in [-0.25, -0.2) is 0 Å². The summed E-state index contributed by atoms with van der Waals surface area (Å²) in [6.07, 6.45) is 24.8. The van der Waals surface area contributed by atoms with Gasteiger partial charge in [0.15, 0.2) is 0 Å². The first kappa shape index (κ1) is 25.9. The number of rotatable bonds is 21. The predicted octanol–water partition coefficient (Wildman–Crippen LogP) is 7.10. The number of quaternary nitrogens is 1. The van der Waals surface area contributed by atoms with Gasteiger partial charge in [-0.1, -0.05) is 90.4 Å². The van der Waals surface area contributed by atoms with Gasteiger partial charge in [-0.2, -0.15) is 0 Å². The Morgan fingerprint density at radius 3 is 1.12 bits per heavy atom. The Kier molecular flexibility index (Phi) is 19.6. The van der Waals surface area contributed by atoms with Crippen LogP contribution in [-0.2, 0) is 0 Å². The molecule has 0 aromatic carbocycles. The van der Waals surface area contributed by atoms with Crippen LogP contribution in [0.2, 0.25) is 0 Å². The van der Waals surface area contributed by atoms with E-state index in [4.69, 9.17) is 5.11 Å². The quantitative estimate of drug-likeness (QED) is 0.169. The molecule has 0 spiro atoms. The third kappa shape index (κ3) is 20.2. The van der Waals surface area contributed by atoms with E-state index in [0.29, 0.717) is 6.61 Å². The van der Waals surface area contributed by atoms with Gasteiger partial charge in [0.2, 0.25) is 0 Å². The van der Waals surface area contributed by atoms with Crippen molar-refractivity contribution in [2.75, 3.05) is 33.8 Å². The first-order valence-electron chi connectivity index (χ1n) is 12.1. The summed E-state index contributed by atoms with van der Waals surface area (Å²) in [5.41, 5.74) is 0. The predicted molar refractivity (Wildman–Crippen MR) is 118 cm³/mol. The van der Waals surface area contributed by atoms with Crippen LogP contribution in [0.5, 0.6) is 0 Å². The van der Waals surface area contributed by atoms with Crippen molar-refractivity contribution in [3.05, 3.63) is 0 Å². The summed E-state index contributed by atoms with van der Waals surface area (Å²) in [5, 5.41) is 8.77. The molecule has 0 bridgehead atoms. The van der Waals surface area contributed by atoms with Crippen LogP contribution in [0.4, 0.5) is 0 Å². The molecule has 0 amide bonds. The summed E-state index contributed by atoms with van der Waals surface area (Å²) in [5.74, 6) is 0. The van der Waals surface area contributed by atoms with Crippen LogP contribution < -0.4 is 0 Å². The second-order valence-corrected chi connectivity index (χ2v) is 9.12. The molecule has 0 unspecified atom stereocenters. The Hall–Kier alpha value is -0.0800. The Bertz CT molecular complexity index is 265. The topological polar surface area (TPSA) is 20.2 Å². The normalized spacial score (nSPS) is 12.0. The van der Waals surface area contributed by atoms with Crippen LogP contribution >= 0.6 is 0 Å². The molecular weight excluding hydrogens is 318 g/mol. The summed E-state index contributed by atoms with van der Waals surface area (Å²) in [6, 6.07) is 0. The minimum absolute atomic E-state index is 0.367. The van der Waals surface area contributed by atoms with E-state index in [0.717, 1.165) is 6.42 Å². The molecule has 0 atom stereocenters. The molecule has 0 aromatic rings. The Balaban J connectivity index is 3.31. The molecule has 0 radical (unpaired) electrons. The summed E-state index contributed by atoms with van der Waals surface area (Å²) in [7, 11) is 4.84. The highest BCUT2D eigenvalue weighted by Crippen LogP contribution is 2.13.